The monoisotopic (exact) mass is 307 g/mol. The van der Waals surface area contributed by atoms with Gasteiger partial charge in [0.15, 0.2) is 0 Å². The summed E-state index contributed by atoms with van der Waals surface area (Å²) in [4.78, 5) is 23.3. The van der Waals surface area contributed by atoms with Crippen LogP contribution in [0.2, 0.25) is 19.6 Å². The molecule has 0 fully saturated rings. The summed E-state index contributed by atoms with van der Waals surface area (Å²) in [7, 11) is -1.75. The summed E-state index contributed by atoms with van der Waals surface area (Å²) < 4.78 is 5.37. The van der Waals surface area contributed by atoms with Crippen molar-refractivity contribution in [3.63, 3.8) is 0 Å². The molecule has 116 valence electrons. The summed E-state index contributed by atoms with van der Waals surface area (Å²) in [6, 6.07) is 9.16. The molecule has 0 aliphatic heterocycles. The first-order valence-electron chi connectivity index (χ1n) is 7.43. The Morgan fingerprint density at radius 3 is 2.33 bits per heavy atom. The summed E-state index contributed by atoms with van der Waals surface area (Å²) in [6.07, 6.45) is 3.07. The van der Waals surface area contributed by atoms with Gasteiger partial charge in [0, 0.05) is 18.5 Å². The van der Waals surface area contributed by atoms with Crippen LogP contribution in [0.3, 0.4) is 0 Å². The lowest BCUT2D eigenvalue weighted by molar-refractivity contribution is -0.135. The number of hydrogen-bond donors (Lipinski definition) is 1. The molecule has 4 nitrogen and oxygen atoms in total. The van der Waals surface area contributed by atoms with E-state index in [0.717, 1.165) is 19.3 Å². The molecule has 5 heteroatoms. The fraction of sp³-hybridized carbons (Fsp3) is 0.500. The van der Waals surface area contributed by atoms with Crippen LogP contribution in [0.5, 0.6) is 0 Å². The van der Waals surface area contributed by atoms with Crippen LogP contribution >= 0.6 is 0 Å². The summed E-state index contributed by atoms with van der Waals surface area (Å²) >= 11 is 0. The summed E-state index contributed by atoms with van der Waals surface area (Å²) in [5, 5.41) is 2.88. The van der Waals surface area contributed by atoms with Crippen molar-refractivity contribution in [2.75, 3.05) is 6.54 Å². The molecule has 0 unspecified atom stereocenters. The molecule has 0 spiro atoms. The van der Waals surface area contributed by atoms with Gasteiger partial charge < -0.3 is 9.74 Å². The van der Waals surface area contributed by atoms with Gasteiger partial charge in [-0.1, -0.05) is 24.6 Å². The Balaban J connectivity index is 2.07. The lowest BCUT2D eigenvalue weighted by atomic mass is 10.2. The number of benzene rings is 1. The summed E-state index contributed by atoms with van der Waals surface area (Å²) in [6.45, 7) is 6.65. The van der Waals surface area contributed by atoms with E-state index in [1.807, 2.05) is 37.8 Å². The number of rotatable bonds is 8. The average molecular weight is 307 g/mol. The molecule has 1 aromatic rings. The van der Waals surface area contributed by atoms with E-state index in [2.05, 4.69) is 5.32 Å². The molecular weight excluding hydrogens is 282 g/mol. The Labute approximate surface area is 128 Å². The third-order valence-electron chi connectivity index (χ3n) is 2.80. The van der Waals surface area contributed by atoms with E-state index >= 15 is 0 Å². The van der Waals surface area contributed by atoms with Gasteiger partial charge in [0.25, 0.3) is 11.9 Å². The molecule has 0 aliphatic rings. The van der Waals surface area contributed by atoms with Crippen LogP contribution in [0.4, 0.5) is 0 Å². The molecule has 0 aromatic heterocycles. The standard InChI is InChI=1S/C16H25NO3Si/c1-21(2,3)20-15(18)12-8-5-9-13-17-16(19)14-10-6-4-7-11-14/h4,6-7,10-11H,5,8-9,12-13H2,1-3H3,(H,17,19). The summed E-state index contributed by atoms with van der Waals surface area (Å²) in [5.41, 5.74) is 0.677. The van der Waals surface area contributed by atoms with Crippen LogP contribution in [0.25, 0.3) is 0 Å². The molecule has 21 heavy (non-hydrogen) atoms. The number of hydrogen-bond acceptors (Lipinski definition) is 3. The first-order chi connectivity index (χ1) is 9.88. The largest absolute Gasteiger partial charge is 0.520 e. The van der Waals surface area contributed by atoms with E-state index in [1.54, 1.807) is 12.1 Å². The normalized spacial score (nSPS) is 11.0. The Bertz CT molecular complexity index is 454. The molecule has 0 radical (unpaired) electrons. The van der Waals surface area contributed by atoms with Gasteiger partial charge in [-0.3, -0.25) is 9.59 Å². The average Bonchev–Trinajstić information content (AvgIpc) is 2.41. The maximum atomic E-state index is 11.8. The number of amides is 1. The zero-order chi connectivity index (χ0) is 15.7. The van der Waals surface area contributed by atoms with E-state index in [9.17, 15) is 9.59 Å². The van der Waals surface area contributed by atoms with Gasteiger partial charge in [-0.2, -0.15) is 0 Å². The maximum absolute atomic E-state index is 11.8. The molecule has 1 N–H and O–H groups in total. The lowest BCUT2D eigenvalue weighted by Gasteiger charge is -2.17. The molecule has 0 saturated carbocycles. The predicted octanol–water partition coefficient (Wildman–Crippen LogP) is 3.35. The number of nitrogens with one attached hydrogen (secondary N) is 1. The van der Waals surface area contributed by atoms with Gasteiger partial charge in [0.05, 0.1) is 0 Å². The zero-order valence-electron chi connectivity index (χ0n) is 13.1. The van der Waals surface area contributed by atoms with Gasteiger partial charge in [-0.15, -0.1) is 0 Å². The topological polar surface area (TPSA) is 55.4 Å². The van der Waals surface area contributed by atoms with Gasteiger partial charge in [-0.25, -0.2) is 0 Å². The SMILES string of the molecule is C[Si](C)(C)OC(=O)CCCCCNC(=O)c1ccccc1. The highest BCUT2D eigenvalue weighted by atomic mass is 28.4. The van der Waals surface area contributed by atoms with Crippen LogP contribution in [0, 0.1) is 0 Å². The van der Waals surface area contributed by atoms with Crippen molar-refractivity contribution in [2.45, 2.75) is 45.3 Å². The van der Waals surface area contributed by atoms with Crippen molar-refractivity contribution in [1.82, 2.24) is 5.32 Å². The van der Waals surface area contributed by atoms with E-state index < -0.39 is 8.32 Å². The number of unbranched alkanes of at least 4 members (excludes halogenated alkanes) is 2. The smallest absolute Gasteiger partial charge is 0.292 e. The number of carbonyl (C=O) groups excluding carboxylic acids is 2. The molecule has 0 bridgehead atoms. The quantitative estimate of drug-likeness (QED) is 0.592. The number of carbonyl (C=O) groups is 2. The molecular formula is C16H25NO3Si. The lowest BCUT2D eigenvalue weighted by Crippen LogP contribution is -2.29. The van der Waals surface area contributed by atoms with Crippen molar-refractivity contribution in [2.24, 2.45) is 0 Å². The van der Waals surface area contributed by atoms with E-state index in [4.69, 9.17) is 4.43 Å². The molecule has 0 heterocycles. The van der Waals surface area contributed by atoms with Gasteiger partial charge in [0.1, 0.15) is 0 Å². The highest BCUT2D eigenvalue weighted by molar-refractivity contribution is 6.71. The minimum absolute atomic E-state index is 0.0475. The summed E-state index contributed by atoms with van der Waals surface area (Å²) in [5.74, 6) is -0.142. The molecule has 0 aliphatic carbocycles. The first kappa shape index (κ1) is 17.4. The van der Waals surface area contributed by atoms with Crippen molar-refractivity contribution in [1.29, 1.82) is 0 Å². The third-order valence-corrected chi connectivity index (χ3v) is 3.64. The fourth-order valence-corrected chi connectivity index (χ4v) is 2.64. The van der Waals surface area contributed by atoms with Crippen molar-refractivity contribution in [3.05, 3.63) is 35.9 Å². The van der Waals surface area contributed by atoms with Gasteiger partial charge >= 0.3 is 0 Å². The molecule has 1 rings (SSSR count). The van der Waals surface area contributed by atoms with Crippen LogP contribution in [-0.4, -0.2) is 26.7 Å². The van der Waals surface area contributed by atoms with E-state index in [0.29, 0.717) is 18.5 Å². The van der Waals surface area contributed by atoms with Crippen LogP contribution in [0.15, 0.2) is 30.3 Å². The second kappa shape index (κ2) is 8.62. The van der Waals surface area contributed by atoms with E-state index in [-0.39, 0.29) is 11.9 Å². The third kappa shape index (κ3) is 8.29. The Morgan fingerprint density at radius 2 is 1.71 bits per heavy atom. The van der Waals surface area contributed by atoms with Crippen LogP contribution in [-0.2, 0) is 9.22 Å². The highest BCUT2D eigenvalue weighted by Crippen LogP contribution is 2.07. The zero-order valence-corrected chi connectivity index (χ0v) is 14.1. The highest BCUT2D eigenvalue weighted by Gasteiger charge is 2.19. The minimum Gasteiger partial charge on any atom is -0.520 e. The Kier molecular flexibility index (Phi) is 7.15. The molecule has 0 atom stereocenters. The Morgan fingerprint density at radius 1 is 1.05 bits per heavy atom. The van der Waals surface area contributed by atoms with Crippen molar-refractivity contribution in [3.8, 4) is 0 Å². The van der Waals surface area contributed by atoms with Gasteiger partial charge in [-0.05, 0) is 44.6 Å². The van der Waals surface area contributed by atoms with Crippen molar-refractivity contribution < 1.29 is 14.0 Å². The maximum Gasteiger partial charge on any atom is 0.292 e. The predicted molar refractivity (Wildman–Crippen MR) is 86.7 cm³/mol. The minimum atomic E-state index is -1.75. The molecule has 0 saturated heterocycles. The fourth-order valence-electron chi connectivity index (χ4n) is 1.86. The van der Waals surface area contributed by atoms with E-state index in [1.165, 1.54) is 0 Å². The van der Waals surface area contributed by atoms with Crippen LogP contribution < -0.4 is 5.32 Å². The second-order valence-corrected chi connectivity index (χ2v) is 10.4. The van der Waals surface area contributed by atoms with Gasteiger partial charge in [0.2, 0.25) is 8.32 Å². The molecule has 1 amide bonds. The Hall–Kier alpha value is -1.62. The first-order valence-corrected chi connectivity index (χ1v) is 10.8. The van der Waals surface area contributed by atoms with Crippen LogP contribution in [0.1, 0.15) is 36.0 Å². The molecule has 1 aromatic carbocycles. The van der Waals surface area contributed by atoms with Crippen molar-refractivity contribution >= 4 is 20.2 Å². The second-order valence-electron chi connectivity index (χ2n) is 6.02.